The van der Waals surface area contributed by atoms with Crippen LogP contribution in [0.2, 0.25) is 0 Å². The van der Waals surface area contributed by atoms with Crippen molar-refractivity contribution in [3.63, 3.8) is 0 Å². The summed E-state index contributed by atoms with van der Waals surface area (Å²) in [4.78, 5) is 14.9. The summed E-state index contributed by atoms with van der Waals surface area (Å²) >= 11 is 1.82. The number of para-hydroxylation sites is 2. The Labute approximate surface area is 327 Å². The van der Waals surface area contributed by atoms with E-state index in [4.69, 9.17) is 15.0 Å². The van der Waals surface area contributed by atoms with Crippen LogP contribution in [0.4, 0.5) is 0 Å². The minimum atomic E-state index is 0.662. The standard InChI is InChI=1S/C51H32N4S/c1-4-13-35(14-5-1)49-52-50(36-15-6-2-7-16-36)54-51(53-49)38-27-29-42-43-21-12-20-40(48(43)56-47(42)32-38)34-25-23-33(24-26-34)37-28-30-46-44(31-37)41-19-10-11-22-45(41)55(46)39-17-8-3-9-18-39/h1-32H. The Kier molecular flexibility index (Phi) is 7.64. The fraction of sp³-hybridized carbons (Fsp3) is 0. The zero-order valence-electron chi connectivity index (χ0n) is 30.2. The van der Waals surface area contributed by atoms with E-state index in [1.54, 1.807) is 0 Å². The molecule has 5 heteroatoms. The largest absolute Gasteiger partial charge is 0.309 e. The van der Waals surface area contributed by atoms with Gasteiger partial charge in [-0.15, -0.1) is 11.3 Å². The molecule has 0 bridgehead atoms. The molecule has 0 aliphatic carbocycles. The first-order valence-corrected chi connectivity index (χ1v) is 19.6. The molecule has 0 aliphatic heterocycles. The van der Waals surface area contributed by atoms with Crippen LogP contribution in [0.5, 0.6) is 0 Å². The first-order valence-electron chi connectivity index (χ1n) is 18.8. The third kappa shape index (κ3) is 5.48. The molecule has 262 valence electrons. The summed E-state index contributed by atoms with van der Waals surface area (Å²) in [5.74, 6) is 1.99. The van der Waals surface area contributed by atoms with E-state index in [0.29, 0.717) is 17.5 Å². The number of benzene rings is 8. The Morgan fingerprint density at radius 3 is 1.61 bits per heavy atom. The highest BCUT2D eigenvalue weighted by Gasteiger charge is 2.17. The van der Waals surface area contributed by atoms with Gasteiger partial charge in [-0.3, -0.25) is 0 Å². The van der Waals surface area contributed by atoms with E-state index in [1.807, 2.05) is 72.0 Å². The molecule has 0 fully saturated rings. The van der Waals surface area contributed by atoms with Crippen molar-refractivity contribution in [3.05, 3.63) is 194 Å². The fourth-order valence-corrected chi connectivity index (χ4v) is 9.23. The number of hydrogen-bond donors (Lipinski definition) is 0. The second-order valence-corrected chi connectivity index (χ2v) is 15.1. The molecule has 0 saturated carbocycles. The van der Waals surface area contributed by atoms with Crippen molar-refractivity contribution in [2.45, 2.75) is 0 Å². The molecule has 11 aromatic rings. The average Bonchev–Trinajstić information content (AvgIpc) is 3.82. The maximum absolute atomic E-state index is 4.99. The van der Waals surface area contributed by atoms with Gasteiger partial charge in [0.1, 0.15) is 0 Å². The number of nitrogens with zero attached hydrogens (tertiary/aromatic N) is 4. The minimum absolute atomic E-state index is 0.662. The third-order valence-electron chi connectivity index (χ3n) is 10.7. The summed E-state index contributed by atoms with van der Waals surface area (Å²) in [5, 5.41) is 5.00. The van der Waals surface area contributed by atoms with Gasteiger partial charge >= 0.3 is 0 Å². The first-order chi connectivity index (χ1) is 27.7. The van der Waals surface area contributed by atoms with Crippen molar-refractivity contribution in [2.24, 2.45) is 0 Å². The van der Waals surface area contributed by atoms with Gasteiger partial charge in [0.2, 0.25) is 0 Å². The molecule has 0 N–H and O–H groups in total. The van der Waals surface area contributed by atoms with E-state index >= 15 is 0 Å². The van der Waals surface area contributed by atoms with E-state index in [9.17, 15) is 0 Å². The quantitative estimate of drug-likeness (QED) is 0.171. The number of rotatable bonds is 6. The molecular formula is C51H32N4S. The van der Waals surface area contributed by atoms with Gasteiger partial charge in [0.05, 0.1) is 11.0 Å². The molecule has 0 atom stereocenters. The second kappa shape index (κ2) is 13.3. The lowest BCUT2D eigenvalue weighted by Gasteiger charge is -2.09. The highest BCUT2D eigenvalue weighted by molar-refractivity contribution is 7.26. The van der Waals surface area contributed by atoms with Gasteiger partial charge in [-0.1, -0.05) is 158 Å². The Balaban J connectivity index is 0.966. The number of fused-ring (bicyclic) bond motifs is 6. The Morgan fingerprint density at radius 1 is 0.339 bits per heavy atom. The summed E-state index contributed by atoms with van der Waals surface area (Å²) < 4.78 is 4.83. The van der Waals surface area contributed by atoms with Gasteiger partial charge in [-0.05, 0) is 58.7 Å². The van der Waals surface area contributed by atoms with Crippen LogP contribution in [0.15, 0.2) is 194 Å². The predicted molar refractivity (Wildman–Crippen MR) is 234 cm³/mol. The van der Waals surface area contributed by atoms with Crippen molar-refractivity contribution in [1.82, 2.24) is 19.5 Å². The fourth-order valence-electron chi connectivity index (χ4n) is 7.95. The summed E-state index contributed by atoms with van der Waals surface area (Å²) in [6, 6.07) is 68.7. The molecule has 0 radical (unpaired) electrons. The Hall–Kier alpha value is -7.21. The number of thiophene rings is 1. The predicted octanol–water partition coefficient (Wildman–Crippen LogP) is 13.7. The van der Waals surface area contributed by atoms with Crippen molar-refractivity contribution >= 4 is 53.3 Å². The summed E-state index contributed by atoms with van der Waals surface area (Å²) in [6.07, 6.45) is 0. The van der Waals surface area contributed by atoms with Crippen molar-refractivity contribution in [1.29, 1.82) is 0 Å². The van der Waals surface area contributed by atoms with Gasteiger partial charge in [-0.25, -0.2) is 15.0 Å². The van der Waals surface area contributed by atoms with Gasteiger partial charge in [0.25, 0.3) is 0 Å². The molecule has 0 saturated heterocycles. The molecule has 4 nitrogen and oxygen atoms in total. The molecule has 0 amide bonds. The van der Waals surface area contributed by atoms with Crippen molar-refractivity contribution in [3.8, 4) is 62.1 Å². The highest BCUT2D eigenvalue weighted by Crippen LogP contribution is 2.42. The lowest BCUT2D eigenvalue weighted by atomic mass is 9.98. The molecule has 0 spiro atoms. The maximum atomic E-state index is 4.99. The van der Waals surface area contributed by atoms with Crippen LogP contribution in [0.25, 0.3) is 104 Å². The smallest absolute Gasteiger partial charge is 0.164 e. The van der Waals surface area contributed by atoms with Gasteiger partial charge in [0, 0.05) is 53.3 Å². The zero-order valence-corrected chi connectivity index (χ0v) is 31.0. The topological polar surface area (TPSA) is 43.6 Å². The van der Waals surface area contributed by atoms with E-state index in [2.05, 4.69) is 138 Å². The normalized spacial score (nSPS) is 11.6. The average molecular weight is 733 g/mol. The van der Waals surface area contributed by atoms with Crippen LogP contribution in [0, 0.1) is 0 Å². The third-order valence-corrected chi connectivity index (χ3v) is 11.9. The lowest BCUT2D eigenvalue weighted by Crippen LogP contribution is -1.99. The minimum Gasteiger partial charge on any atom is -0.309 e. The van der Waals surface area contributed by atoms with Crippen molar-refractivity contribution in [2.75, 3.05) is 0 Å². The van der Waals surface area contributed by atoms with Crippen LogP contribution < -0.4 is 0 Å². The zero-order chi connectivity index (χ0) is 37.0. The molecule has 0 unspecified atom stereocenters. The monoisotopic (exact) mass is 732 g/mol. The van der Waals surface area contributed by atoms with E-state index in [1.165, 1.54) is 69.9 Å². The molecule has 3 aromatic heterocycles. The lowest BCUT2D eigenvalue weighted by molar-refractivity contribution is 1.07. The van der Waals surface area contributed by atoms with E-state index in [-0.39, 0.29) is 0 Å². The van der Waals surface area contributed by atoms with E-state index in [0.717, 1.165) is 16.7 Å². The van der Waals surface area contributed by atoms with Gasteiger partial charge < -0.3 is 4.57 Å². The molecule has 8 aromatic carbocycles. The van der Waals surface area contributed by atoms with E-state index < -0.39 is 0 Å². The van der Waals surface area contributed by atoms with Crippen LogP contribution in [0.3, 0.4) is 0 Å². The molecule has 3 heterocycles. The number of aromatic nitrogens is 4. The Bertz CT molecular complexity index is 3160. The molecule has 56 heavy (non-hydrogen) atoms. The van der Waals surface area contributed by atoms with Crippen LogP contribution in [0.1, 0.15) is 0 Å². The summed E-state index contributed by atoms with van der Waals surface area (Å²) in [6.45, 7) is 0. The first kappa shape index (κ1) is 32.2. The van der Waals surface area contributed by atoms with Crippen LogP contribution in [-0.4, -0.2) is 19.5 Å². The van der Waals surface area contributed by atoms with Gasteiger partial charge in [-0.2, -0.15) is 0 Å². The summed E-state index contributed by atoms with van der Waals surface area (Å²) in [5.41, 5.74) is 11.3. The SMILES string of the molecule is c1ccc(-c2nc(-c3ccccc3)nc(-c3ccc4c(c3)sc3c(-c5ccc(-c6ccc7c(c6)c6ccccc6n7-c6ccccc6)cc5)cccc34)n2)cc1. The van der Waals surface area contributed by atoms with Crippen LogP contribution in [-0.2, 0) is 0 Å². The molecule has 0 aliphatic rings. The van der Waals surface area contributed by atoms with Crippen LogP contribution >= 0.6 is 11.3 Å². The van der Waals surface area contributed by atoms with Crippen molar-refractivity contribution < 1.29 is 0 Å². The van der Waals surface area contributed by atoms with Gasteiger partial charge in [0.15, 0.2) is 17.5 Å². The second-order valence-electron chi connectivity index (χ2n) is 14.0. The number of hydrogen-bond acceptors (Lipinski definition) is 4. The maximum Gasteiger partial charge on any atom is 0.164 e. The molecular weight excluding hydrogens is 701 g/mol. The molecule has 11 rings (SSSR count). The highest BCUT2D eigenvalue weighted by atomic mass is 32.1. The Morgan fingerprint density at radius 2 is 0.893 bits per heavy atom. The summed E-state index contributed by atoms with van der Waals surface area (Å²) in [7, 11) is 0.